The maximum atomic E-state index is 11.2. The van der Waals surface area contributed by atoms with Gasteiger partial charge in [-0.25, -0.2) is 0 Å². The number of nitrogens with two attached hydrogens (primary N) is 5. The van der Waals surface area contributed by atoms with Crippen LogP contribution in [0.2, 0.25) is 0 Å². The van der Waals surface area contributed by atoms with Gasteiger partial charge in [-0.3, -0.25) is 0 Å². The largest absolute Gasteiger partial charge is 0.394 e. The van der Waals surface area contributed by atoms with Crippen LogP contribution < -0.4 is 28.7 Å². The minimum Gasteiger partial charge on any atom is -0.394 e. The monoisotopic (exact) mass is 607 g/mol. The second kappa shape index (κ2) is 13.0. The van der Waals surface area contributed by atoms with Gasteiger partial charge in [-0.15, -0.1) is 0 Å². The van der Waals surface area contributed by atoms with Gasteiger partial charge < -0.3 is 82.6 Å². The maximum Gasteiger partial charge on any atom is 0.187 e. The standard InChI is InChI=1S/C26H49N5O11/c1-9-16(33)18(35)13(7-27)37-23(9)41-21-14(8-32)38-25(19(21)36)42-22-17(34)11(29)6-12(30)20(22)40-24-10(28)2-3-15(39-24)26(31)4-5-26/h9-25,32-36H,2-8,27-31H2,1H3. The van der Waals surface area contributed by atoms with Gasteiger partial charge in [0.05, 0.1) is 31.0 Å². The highest BCUT2D eigenvalue weighted by Crippen LogP contribution is 2.42. The van der Waals surface area contributed by atoms with Crippen LogP contribution >= 0.6 is 0 Å². The molecule has 16 nitrogen and oxygen atoms in total. The average molecular weight is 608 g/mol. The van der Waals surface area contributed by atoms with Crippen LogP contribution in [0.4, 0.5) is 0 Å². The Kier molecular flexibility index (Phi) is 10.1. The average Bonchev–Trinajstić information content (AvgIpc) is 3.65. The Balaban J connectivity index is 1.29. The van der Waals surface area contributed by atoms with E-state index in [1.165, 1.54) is 0 Å². The second-order valence-corrected chi connectivity index (χ2v) is 12.7. The van der Waals surface area contributed by atoms with Crippen LogP contribution in [0.15, 0.2) is 0 Å². The summed E-state index contributed by atoms with van der Waals surface area (Å²) in [6.07, 6.45) is -10.6. The molecule has 244 valence electrons. The highest BCUT2D eigenvalue weighted by atomic mass is 16.8. The Morgan fingerprint density at radius 2 is 1.36 bits per heavy atom. The number of rotatable bonds is 9. The van der Waals surface area contributed by atoms with Crippen LogP contribution in [0, 0.1) is 5.92 Å². The zero-order valence-corrected chi connectivity index (χ0v) is 23.8. The van der Waals surface area contributed by atoms with Crippen molar-refractivity contribution < 1.29 is 54.0 Å². The van der Waals surface area contributed by atoms with E-state index in [0.29, 0.717) is 12.8 Å². The summed E-state index contributed by atoms with van der Waals surface area (Å²) in [6, 6.07) is -1.89. The summed E-state index contributed by atoms with van der Waals surface area (Å²) in [7, 11) is 0. The Labute approximate surface area is 244 Å². The second-order valence-electron chi connectivity index (χ2n) is 12.7. The molecular formula is C26H49N5O11. The van der Waals surface area contributed by atoms with Gasteiger partial charge in [-0.1, -0.05) is 6.92 Å². The lowest BCUT2D eigenvalue weighted by molar-refractivity contribution is -0.297. The first-order chi connectivity index (χ1) is 19.9. The summed E-state index contributed by atoms with van der Waals surface area (Å²) in [4.78, 5) is 0. The molecule has 2 saturated carbocycles. The first-order valence-electron chi connectivity index (χ1n) is 14.9. The Morgan fingerprint density at radius 1 is 0.714 bits per heavy atom. The molecular weight excluding hydrogens is 558 g/mol. The highest BCUT2D eigenvalue weighted by molar-refractivity contribution is 5.07. The van der Waals surface area contributed by atoms with Crippen LogP contribution in [0.25, 0.3) is 0 Å². The number of ether oxygens (including phenoxy) is 6. The molecule has 5 fully saturated rings. The van der Waals surface area contributed by atoms with E-state index in [4.69, 9.17) is 57.1 Å². The third-order valence-electron chi connectivity index (χ3n) is 9.53. The summed E-state index contributed by atoms with van der Waals surface area (Å²) in [6.45, 7) is 0.983. The Hall–Kier alpha value is -0.640. The van der Waals surface area contributed by atoms with Crippen LogP contribution in [0.1, 0.15) is 39.0 Å². The van der Waals surface area contributed by atoms with E-state index in [0.717, 1.165) is 12.8 Å². The fraction of sp³-hybridized carbons (Fsp3) is 1.00. The zero-order chi connectivity index (χ0) is 30.5. The lowest BCUT2D eigenvalue weighted by atomic mass is 9.84. The first-order valence-corrected chi connectivity index (χ1v) is 14.9. The predicted octanol–water partition coefficient (Wildman–Crippen LogP) is -5.00. The number of aliphatic hydroxyl groups is 5. The molecule has 3 saturated heterocycles. The molecule has 17 unspecified atom stereocenters. The van der Waals surface area contributed by atoms with E-state index in [-0.39, 0.29) is 19.1 Å². The molecule has 5 aliphatic rings. The van der Waals surface area contributed by atoms with Gasteiger partial charge in [0, 0.05) is 30.1 Å². The number of aliphatic hydroxyl groups excluding tert-OH is 5. The highest BCUT2D eigenvalue weighted by Gasteiger charge is 2.54. The van der Waals surface area contributed by atoms with Crippen molar-refractivity contribution in [2.75, 3.05) is 13.2 Å². The smallest absolute Gasteiger partial charge is 0.187 e. The van der Waals surface area contributed by atoms with Crippen molar-refractivity contribution in [1.82, 2.24) is 0 Å². The molecule has 0 radical (unpaired) electrons. The van der Waals surface area contributed by atoms with E-state index in [9.17, 15) is 25.5 Å². The third-order valence-corrected chi connectivity index (χ3v) is 9.53. The third kappa shape index (κ3) is 6.37. The Morgan fingerprint density at radius 3 is 2.00 bits per heavy atom. The van der Waals surface area contributed by atoms with E-state index in [2.05, 4.69) is 0 Å². The molecule has 0 amide bonds. The summed E-state index contributed by atoms with van der Waals surface area (Å²) in [5.41, 5.74) is 30.6. The maximum absolute atomic E-state index is 11.2. The zero-order valence-electron chi connectivity index (χ0n) is 23.8. The van der Waals surface area contributed by atoms with E-state index < -0.39 is 110 Å². The lowest BCUT2D eigenvalue weighted by Crippen LogP contribution is -2.65. The van der Waals surface area contributed by atoms with Gasteiger partial charge in [-0.2, -0.15) is 0 Å². The molecule has 42 heavy (non-hydrogen) atoms. The molecule has 0 spiro atoms. The molecule has 0 aromatic rings. The van der Waals surface area contributed by atoms with Gasteiger partial charge in [-0.05, 0) is 32.1 Å². The van der Waals surface area contributed by atoms with Gasteiger partial charge >= 0.3 is 0 Å². The van der Waals surface area contributed by atoms with Crippen LogP contribution in [0.5, 0.6) is 0 Å². The number of hydrogen-bond acceptors (Lipinski definition) is 16. The molecule has 17 atom stereocenters. The topological polar surface area (TPSA) is 287 Å². The molecule has 5 rings (SSSR count). The van der Waals surface area contributed by atoms with Crippen molar-refractivity contribution in [1.29, 1.82) is 0 Å². The molecule has 3 heterocycles. The van der Waals surface area contributed by atoms with Crippen molar-refractivity contribution in [3.05, 3.63) is 0 Å². The van der Waals surface area contributed by atoms with Gasteiger partial charge in [0.1, 0.15) is 42.7 Å². The van der Waals surface area contributed by atoms with Gasteiger partial charge in [0.15, 0.2) is 18.9 Å². The van der Waals surface area contributed by atoms with Crippen molar-refractivity contribution >= 4 is 0 Å². The minimum absolute atomic E-state index is 0.0768. The number of hydrogen-bond donors (Lipinski definition) is 10. The van der Waals surface area contributed by atoms with Crippen LogP contribution in [-0.2, 0) is 28.4 Å². The van der Waals surface area contributed by atoms with E-state index in [1.807, 2.05) is 0 Å². The lowest BCUT2D eigenvalue weighted by Gasteiger charge is -2.46. The molecule has 2 aliphatic carbocycles. The van der Waals surface area contributed by atoms with E-state index in [1.54, 1.807) is 6.92 Å². The summed E-state index contributed by atoms with van der Waals surface area (Å²) < 4.78 is 36.1. The van der Waals surface area contributed by atoms with Crippen LogP contribution in [0.3, 0.4) is 0 Å². The Bertz CT molecular complexity index is 905. The quantitative estimate of drug-likeness (QED) is 0.117. The van der Waals surface area contributed by atoms with Gasteiger partial charge in [0.25, 0.3) is 0 Å². The minimum atomic E-state index is -1.47. The SMILES string of the molecule is CC1C(OC2C(CO)OC(OC3C(O)C(N)CC(N)C3OC3OC(C4(N)CC4)CCC3N)C2O)OC(CN)C(O)C1O. The normalized spacial score (nSPS) is 52.8. The van der Waals surface area contributed by atoms with Crippen molar-refractivity contribution in [3.63, 3.8) is 0 Å². The molecule has 0 bridgehead atoms. The van der Waals surface area contributed by atoms with Crippen molar-refractivity contribution in [2.24, 2.45) is 34.6 Å². The van der Waals surface area contributed by atoms with Crippen molar-refractivity contribution in [2.45, 2.75) is 143 Å². The molecule has 15 N–H and O–H groups in total. The first kappa shape index (κ1) is 32.7. The summed E-state index contributed by atoms with van der Waals surface area (Å²) in [5.74, 6) is -0.699. The predicted molar refractivity (Wildman–Crippen MR) is 144 cm³/mol. The fourth-order valence-corrected chi connectivity index (χ4v) is 6.46. The summed E-state index contributed by atoms with van der Waals surface area (Å²) >= 11 is 0. The molecule has 3 aliphatic heterocycles. The van der Waals surface area contributed by atoms with Crippen molar-refractivity contribution in [3.8, 4) is 0 Å². The van der Waals surface area contributed by atoms with E-state index >= 15 is 0 Å². The molecule has 0 aromatic carbocycles. The molecule has 16 heteroatoms. The van der Waals surface area contributed by atoms with Gasteiger partial charge in [0.2, 0.25) is 0 Å². The fourth-order valence-electron chi connectivity index (χ4n) is 6.46. The van der Waals surface area contributed by atoms with Crippen LogP contribution in [-0.4, -0.2) is 142 Å². The molecule has 0 aromatic heterocycles. The summed E-state index contributed by atoms with van der Waals surface area (Å²) in [5, 5.41) is 53.0.